The van der Waals surface area contributed by atoms with Crippen molar-refractivity contribution in [2.45, 2.75) is 12.8 Å². The van der Waals surface area contributed by atoms with Gasteiger partial charge in [-0.1, -0.05) is 30.3 Å². The van der Waals surface area contributed by atoms with E-state index in [4.69, 9.17) is 9.47 Å². The monoisotopic (exact) mass is 357 g/mol. The van der Waals surface area contributed by atoms with E-state index in [-0.39, 0.29) is 17.9 Å². The molecule has 0 aliphatic heterocycles. The van der Waals surface area contributed by atoms with Gasteiger partial charge < -0.3 is 19.5 Å². The maximum atomic E-state index is 12.3. The number of ether oxygens (including phenoxy) is 2. The van der Waals surface area contributed by atoms with Crippen molar-refractivity contribution in [2.24, 2.45) is 0 Å². The summed E-state index contributed by atoms with van der Waals surface area (Å²) in [6.45, 7) is 0.770. The van der Waals surface area contributed by atoms with Crippen LogP contribution in [0.2, 0.25) is 0 Å². The highest BCUT2D eigenvalue weighted by Crippen LogP contribution is 2.25. The van der Waals surface area contributed by atoms with E-state index in [1.54, 1.807) is 43.3 Å². The summed E-state index contributed by atoms with van der Waals surface area (Å²) < 4.78 is 10.9. The number of aryl methyl sites for hydroxylation is 1. The fourth-order valence-corrected chi connectivity index (χ4v) is 2.53. The van der Waals surface area contributed by atoms with Crippen molar-refractivity contribution in [1.29, 1.82) is 0 Å². The van der Waals surface area contributed by atoms with E-state index in [0.717, 1.165) is 0 Å². The molecule has 0 aliphatic carbocycles. The molecule has 0 fully saturated rings. The highest BCUT2D eigenvalue weighted by Gasteiger charge is 2.13. The fourth-order valence-electron chi connectivity index (χ4n) is 2.53. The number of benzene rings is 2. The lowest BCUT2D eigenvalue weighted by atomic mass is 10.0. The number of carboxylic acid groups (broad SMARTS) is 1. The zero-order chi connectivity index (χ0) is 18.9. The second-order valence-electron chi connectivity index (χ2n) is 5.78. The summed E-state index contributed by atoms with van der Waals surface area (Å²) in [5.74, 6) is 0.235. The highest BCUT2D eigenvalue weighted by atomic mass is 16.5. The molecule has 0 aromatic heterocycles. The van der Waals surface area contributed by atoms with Gasteiger partial charge in [-0.2, -0.15) is 0 Å². The van der Waals surface area contributed by atoms with Gasteiger partial charge in [-0.15, -0.1) is 0 Å². The maximum absolute atomic E-state index is 12.3. The SMILES string of the molecule is COc1ccccc1OCCN(C)C(=O)CCc1ccccc1C(=O)O. The van der Waals surface area contributed by atoms with Gasteiger partial charge in [0.05, 0.1) is 19.2 Å². The smallest absolute Gasteiger partial charge is 0.335 e. The molecule has 1 N–H and O–H groups in total. The minimum atomic E-state index is -0.980. The summed E-state index contributed by atoms with van der Waals surface area (Å²) in [7, 11) is 3.28. The van der Waals surface area contributed by atoms with Gasteiger partial charge in [0.2, 0.25) is 5.91 Å². The van der Waals surface area contributed by atoms with Crippen LogP contribution >= 0.6 is 0 Å². The largest absolute Gasteiger partial charge is 0.493 e. The van der Waals surface area contributed by atoms with Crippen molar-refractivity contribution >= 4 is 11.9 Å². The Hall–Kier alpha value is -3.02. The molecule has 0 bridgehead atoms. The van der Waals surface area contributed by atoms with Gasteiger partial charge >= 0.3 is 5.97 Å². The summed E-state index contributed by atoms with van der Waals surface area (Å²) in [6.07, 6.45) is 0.633. The Balaban J connectivity index is 1.82. The van der Waals surface area contributed by atoms with Crippen LogP contribution in [0.5, 0.6) is 11.5 Å². The van der Waals surface area contributed by atoms with E-state index in [9.17, 15) is 14.7 Å². The number of likely N-dealkylation sites (N-methyl/N-ethyl adjacent to an activating group) is 1. The molecule has 0 radical (unpaired) electrons. The van der Waals surface area contributed by atoms with Gasteiger partial charge in [-0.3, -0.25) is 4.79 Å². The minimum Gasteiger partial charge on any atom is -0.493 e. The number of methoxy groups -OCH3 is 1. The van der Waals surface area contributed by atoms with E-state index in [1.807, 2.05) is 24.3 Å². The molecule has 1 amide bonds. The molecule has 2 rings (SSSR count). The van der Waals surface area contributed by atoms with E-state index >= 15 is 0 Å². The van der Waals surface area contributed by atoms with Crippen LogP contribution in [0, 0.1) is 0 Å². The lowest BCUT2D eigenvalue weighted by Crippen LogP contribution is -2.31. The summed E-state index contributed by atoms with van der Waals surface area (Å²) in [5, 5.41) is 9.19. The average molecular weight is 357 g/mol. The maximum Gasteiger partial charge on any atom is 0.335 e. The van der Waals surface area contributed by atoms with Crippen LogP contribution in [-0.4, -0.2) is 49.2 Å². The normalized spacial score (nSPS) is 10.2. The van der Waals surface area contributed by atoms with E-state index in [1.165, 1.54) is 0 Å². The van der Waals surface area contributed by atoms with E-state index < -0.39 is 5.97 Å². The van der Waals surface area contributed by atoms with Crippen LogP contribution in [0.4, 0.5) is 0 Å². The topological polar surface area (TPSA) is 76.1 Å². The van der Waals surface area contributed by atoms with Gasteiger partial charge in [0, 0.05) is 13.5 Å². The third kappa shape index (κ3) is 5.24. The van der Waals surface area contributed by atoms with Crippen molar-refractivity contribution < 1.29 is 24.2 Å². The molecular weight excluding hydrogens is 334 g/mol. The van der Waals surface area contributed by atoms with Crippen molar-refractivity contribution in [1.82, 2.24) is 4.90 Å². The van der Waals surface area contributed by atoms with Gasteiger partial charge in [0.1, 0.15) is 6.61 Å². The number of aromatic carboxylic acids is 1. The molecule has 0 aliphatic rings. The number of carbonyl (C=O) groups excluding carboxylic acids is 1. The molecule has 6 nitrogen and oxygen atoms in total. The zero-order valence-corrected chi connectivity index (χ0v) is 15.0. The van der Waals surface area contributed by atoms with Crippen molar-refractivity contribution in [3.8, 4) is 11.5 Å². The summed E-state index contributed by atoms with van der Waals surface area (Å²) in [6, 6.07) is 14.1. The summed E-state index contributed by atoms with van der Waals surface area (Å²) in [4.78, 5) is 25.0. The van der Waals surface area contributed by atoms with Crippen LogP contribution in [0.15, 0.2) is 48.5 Å². The molecule has 0 atom stereocenters. The Morgan fingerprint density at radius 1 is 1.04 bits per heavy atom. The number of rotatable bonds is 9. The van der Waals surface area contributed by atoms with Crippen LogP contribution in [0.3, 0.4) is 0 Å². The predicted octanol–water partition coefficient (Wildman–Crippen LogP) is 2.86. The average Bonchev–Trinajstić information content (AvgIpc) is 2.66. The molecular formula is C20H23NO5. The minimum absolute atomic E-state index is 0.0613. The number of hydrogen-bond acceptors (Lipinski definition) is 4. The number of amides is 1. The van der Waals surface area contributed by atoms with E-state index in [2.05, 4.69) is 0 Å². The van der Waals surface area contributed by atoms with Crippen LogP contribution in [0.1, 0.15) is 22.3 Å². The van der Waals surface area contributed by atoms with Gasteiger partial charge in [0.25, 0.3) is 0 Å². The molecule has 2 aromatic carbocycles. The molecule has 0 saturated carbocycles. The molecule has 138 valence electrons. The van der Waals surface area contributed by atoms with Crippen molar-refractivity contribution in [2.75, 3.05) is 27.3 Å². The predicted molar refractivity (Wildman–Crippen MR) is 97.8 cm³/mol. The number of carbonyl (C=O) groups is 2. The van der Waals surface area contributed by atoms with Crippen LogP contribution in [-0.2, 0) is 11.2 Å². The van der Waals surface area contributed by atoms with Gasteiger partial charge in [-0.05, 0) is 30.2 Å². The van der Waals surface area contributed by atoms with Crippen molar-refractivity contribution in [3.63, 3.8) is 0 Å². The lowest BCUT2D eigenvalue weighted by molar-refractivity contribution is -0.130. The standard InChI is InChI=1S/C20H23NO5/c1-21(13-14-26-18-10-6-5-9-17(18)25-2)19(22)12-11-15-7-3-4-8-16(15)20(23)24/h3-10H,11-14H2,1-2H3,(H,23,24). The first-order chi connectivity index (χ1) is 12.5. The first kappa shape index (κ1) is 19.3. The Labute approximate surface area is 153 Å². The van der Waals surface area contributed by atoms with Crippen molar-refractivity contribution in [3.05, 3.63) is 59.7 Å². The first-order valence-electron chi connectivity index (χ1n) is 8.34. The Kier molecular flexibility index (Phi) is 7.02. The second-order valence-corrected chi connectivity index (χ2v) is 5.78. The Bertz CT molecular complexity index is 759. The zero-order valence-electron chi connectivity index (χ0n) is 15.0. The molecule has 0 unspecified atom stereocenters. The number of carboxylic acids is 1. The Morgan fingerprint density at radius 2 is 1.69 bits per heavy atom. The summed E-state index contributed by atoms with van der Waals surface area (Å²) in [5.41, 5.74) is 0.898. The number of hydrogen-bond donors (Lipinski definition) is 1. The second kappa shape index (κ2) is 9.46. The molecule has 0 spiro atoms. The number of para-hydroxylation sites is 2. The first-order valence-corrected chi connectivity index (χ1v) is 8.34. The third-order valence-corrected chi connectivity index (χ3v) is 4.04. The summed E-state index contributed by atoms with van der Waals surface area (Å²) >= 11 is 0. The molecule has 0 heterocycles. The van der Waals surface area contributed by atoms with Gasteiger partial charge in [-0.25, -0.2) is 4.79 Å². The molecule has 6 heteroatoms. The molecule has 2 aromatic rings. The number of nitrogens with zero attached hydrogens (tertiary/aromatic N) is 1. The van der Waals surface area contributed by atoms with Crippen LogP contribution in [0.25, 0.3) is 0 Å². The quantitative estimate of drug-likeness (QED) is 0.747. The Morgan fingerprint density at radius 3 is 2.38 bits per heavy atom. The molecule has 0 saturated heterocycles. The molecule has 26 heavy (non-hydrogen) atoms. The lowest BCUT2D eigenvalue weighted by Gasteiger charge is -2.18. The van der Waals surface area contributed by atoms with Crippen LogP contribution < -0.4 is 9.47 Å². The van der Waals surface area contributed by atoms with E-state index in [0.29, 0.717) is 36.6 Å². The fraction of sp³-hybridized carbons (Fsp3) is 0.300. The highest BCUT2D eigenvalue weighted by molar-refractivity contribution is 5.89. The third-order valence-electron chi connectivity index (χ3n) is 4.04. The van der Waals surface area contributed by atoms with Gasteiger partial charge in [0.15, 0.2) is 11.5 Å².